The van der Waals surface area contributed by atoms with E-state index in [1.54, 1.807) is 37.3 Å². The van der Waals surface area contributed by atoms with Gasteiger partial charge in [0, 0.05) is 23.2 Å². The maximum atomic E-state index is 14.2. The van der Waals surface area contributed by atoms with Gasteiger partial charge in [0.15, 0.2) is 0 Å². The van der Waals surface area contributed by atoms with Crippen molar-refractivity contribution in [3.05, 3.63) is 71.2 Å². The van der Waals surface area contributed by atoms with E-state index in [4.69, 9.17) is 5.26 Å². The van der Waals surface area contributed by atoms with Crippen LogP contribution in [0, 0.1) is 35.4 Å². The molecule has 0 radical (unpaired) electrons. The van der Waals surface area contributed by atoms with Gasteiger partial charge in [-0.05, 0) is 104 Å². The zero-order valence-electron chi connectivity index (χ0n) is 17.5. The molecule has 1 aromatic heterocycles. The minimum Gasteiger partial charge on any atom is -0.326 e. The van der Waals surface area contributed by atoms with Gasteiger partial charge in [0.2, 0.25) is 5.91 Å². The van der Waals surface area contributed by atoms with Gasteiger partial charge in [0.05, 0.1) is 17.1 Å². The van der Waals surface area contributed by atoms with Gasteiger partial charge in [-0.3, -0.25) is 9.78 Å². The van der Waals surface area contributed by atoms with Gasteiger partial charge in [-0.15, -0.1) is 0 Å². The number of pyridine rings is 1. The molecular weight excluding hydrogens is 389 g/mol. The number of hydrogen-bond donors (Lipinski definition) is 1. The molecule has 4 nitrogen and oxygen atoms in total. The van der Waals surface area contributed by atoms with Crippen LogP contribution in [0.3, 0.4) is 0 Å². The maximum Gasteiger partial charge on any atom is 0.228 e. The number of rotatable bonds is 3. The number of nitrogens with one attached hydrogen (secondary N) is 1. The summed E-state index contributed by atoms with van der Waals surface area (Å²) in [6, 6.07) is 14.5. The number of nitriles is 1. The van der Waals surface area contributed by atoms with E-state index < -0.39 is 0 Å². The molecule has 1 heterocycles. The first kappa shape index (κ1) is 19.7. The van der Waals surface area contributed by atoms with Gasteiger partial charge in [-0.1, -0.05) is 0 Å². The quantitative estimate of drug-likeness (QED) is 0.585. The summed E-state index contributed by atoms with van der Waals surface area (Å²) in [5.74, 6) is 0.324. The van der Waals surface area contributed by atoms with Crippen molar-refractivity contribution >= 4 is 22.5 Å². The molecule has 3 aromatic rings. The summed E-state index contributed by atoms with van der Waals surface area (Å²) < 4.78 is 14.2. The molecule has 31 heavy (non-hydrogen) atoms. The Morgan fingerprint density at radius 2 is 1.94 bits per heavy atom. The lowest BCUT2D eigenvalue weighted by Crippen LogP contribution is -2.22. The number of anilines is 1. The number of benzene rings is 2. The molecule has 0 bridgehead atoms. The maximum absolute atomic E-state index is 14.2. The Morgan fingerprint density at radius 3 is 2.65 bits per heavy atom. The van der Waals surface area contributed by atoms with E-state index in [-0.39, 0.29) is 23.1 Å². The first-order valence-corrected chi connectivity index (χ1v) is 10.8. The molecule has 1 atom stereocenters. The van der Waals surface area contributed by atoms with E-state index in [1.807, 2.05) is 18.3 Å². The molecule has 1 spiro atoms. The average Bonchev–Trinajstić information content (AvgIpc) is 3.49. The zero-order valence-corrected chi connectivity index (χ0v) is 17.5. The summed E-state index contributed by atoms with van der Waals surface area (Å²) in [5, 5.41) is 12.8. The van der Waals surface area contributed by atoms with Crippen LogP contribution < -0.4 is 5.32 Å². The molecule has 5 heteroatoms. The van der Waals surface area contributed by atoms with E-state index in [0.717, 1.165) is 48.7 Å². The van der Waals surface area contributed by atoms with Gasteiger partial charge in [-0.2, -0.15) is 5.26 Å². The topological polar surface area (TPSA) is 65.8 Å². The average molecular weight is 413 g/mol. The van der Waals surface area contributed by atoms with Crippen LogP contribution in [0.4, 0.5) is 10.1 Å². The number of aromatic nitrogens is 1. The predicted molar refractivity (Wildman–Crippen MR) is 118 cm³/mol. The third-order valence-electron chi connectivity index (χ3n) is 7.26. The summed E-state index contributed by atoms with van der Waals surface area (Å²) in [6.07, 6.45) is 6.81. The molecule has 0 saturated heterocycles. The van der Waals surface area contributed by atoms with Gasteiger partial charge in [0.25, 0.3) is 0 Å². The number of aryl methyl sites for hydroxylation is 1. The van der Waals surface area contributed by atoms with Crippen LogP contribution in [0.1, 0.15) is 54.7 Å². The molecule has 0 aliphatic heterocycles. The third kappa shape index (κ3) is 3.57. The fourth-order valence-corrected chi connectivity index (χ4v) is 5.28. The highest BCUT2D eigenvalue weighted by Crippen LogP contribution is 2.63. The highest BCUT2D eigenvalue weighted by atomic mass is 19.1. The smallest absolute Gasteiger partial charge is 0.228 e. The highest BCUT2D eigenvalue weighted by Gasteiger charge is 2.58. The summed E-state index contributed by atoms with van der Waals surface area (Å²) >= 11 is 0. The summed E-state index contributed by atoms with van der Waals surface area (Å²) in [4.78, 5) is 17.2. The molecule has 1 amide bonds. The molecule has 156 valence electrons. The Labute approximate surface area is 181 Å². The van der Waals surface area contributed by atoms with Crippen LogP contribution in [-0.2, 0) is 4.79 Å². The van der Waals surface area contributed by atoms with Gasteiger partial charge < -0.3 is 5.32 Å². The van der Waals surface area contributed by atoms with Crippen molar-refractivity contribution < 1.29 is 9.18 Å². The molecule has 1 N–H and O–H groups in total. The Morgan fingerprint density at radius 1 is 1.19 bits per heavy atom. The van der Waals surface area contributed by atoms with Crippen molar-refractivity contribution in [2.45, 2.75) is 44.9 Å². The van der Waals surface area contributed by atoms with Crippen LogP contribution in [0.5, 0.6) is 0 Å². The fraction of sp³-hybridized carbons (Fsp3) is 0.346. The van der Waals surface area contributed by atoms with Crippen molar-refractivity contribution in [1.29, 1.82) is 5.26 Å². The highest BCUT2D eigenvalue weighted by molar-refractivity contribution is 5.95. The Kier molecular flexibility index (Phi) is 4.74. The molecule has 2 aliphatic rings. The summed E-state index contributed by atoms with van der Waals surface area (Å²) in [6.45, 7) is 1.77. The van der Waals surface area contributed by atoms with Gasteiger partial charge in [0.1, 0.15) is 5.82 Å². The molecule has 2 aliphatic carbocycles. The summed E-state index contributed by atoms with van der Waals surface area (Å²) in [5.41, 5.74) is 4.07. The van der Waals surface area contributed by atoms with Crippen molar-refractivity contribution in [3.63, 3.8) is 0 Å². The second kappa shape index (κ2) is 7.46. The fourth-order valence-electron chi connectivity index (χ4n) is 5.28. The number of hydrogen-bond acceptors (Lipinski definition) is 3. The van der Waals surface area contributed by atoms with E-state index in [0.29, 0.717) is 17.0 Å². The normalized spacial score (nSPS) is 24.7. The number of nitrogens with zero attached hydrogens (tertiary/aromatic N) is 2. The molecule has 2 fully saturated rings. The molecule has 2 aromatic carbocycles. The minimum absolute atomic E-state index is 0.0540. The van der Waals surface area contributed by atoms with Crippen molar-refractivity contribution in [2.75, 3.05) is 5.32 Å². The molecular formula is C26H24FN3O. The molecule has 1 unspecified atom stereocenters. The number of carbonyl (C=O) groups is 1. The van der Waals surface area contributed by atoms with Crippen molar-refractivity contribution in [2.24, 2.45) is 11.3 Å². The van der Waals surface area contributed by atoms with Crippen LogP contribution in [0.25, 0.3) is 10.9 Å². The van der Waals surface area contributed by atoms with Crippen LogP contribution in [0.2, 0.25) is 0 Å². The second-order valence-corrected chi connectivity index (χ2v) is 9.09. The number of fused-ring (bicyclic) bond motifs is 1. The second-order valence-electron chi connectivity index (χ2n) is 9.09. The Hall–Kier alpha value is -3.26. The van der Waals surface area contributed by atoms with E-state index in [1.165, 1.54) is 5.56 Å². The van der Waals surface area contributed by atoms with E-state index >= 15 is 0 Å². The molecule has 2 saturated carbocycles. The minimum atomic E-state index is -0.184. The number of amides is 1. The van der Waals surface area contributed by atoms with E-state index in [2.05, 4.69) is 16.4 Å². The largest absolute Gasteiger partial charge is 0.326 e. The van der Waals surface area contributed by atoms with Crippen LogP contribution in [-0.4, -0.2) is 10.9 Å². The first-order chi connectivity index (χ1) is 15.0. The monoisotopic (exact) mass is 413 g/mol. The lowest BCUT2D eigenvalue weighted by atomic mass is 9.75. The lowest BCUT2D eigenvalue weighted by Gasteiger charge is -2.30. The van der Waals surface area contributed by atoms with E-state index in [9.17, 15) is 9.18 Å². The van der Waals surface area contributed by atoms with Gasteiger partial charge >= 0.3 is 0 Å². The standard InChI is InChI=1S/C26H24FN3O/c1-16-12-24-21(13-23(16)27)20(8-11-29-24)18-6-9-26(10-7-18)14-22(26)25(31)30-19-4-2-17(15-28)3-5-19/h2-5,8,11-13,18,22H,6-7,9-10,14H2,1H3,(H,30,31). The Balaban J connectivity index is 1.26. The predicted octanol–water partition coefficient (Wildman–Crippen LogP) is 5.86. The Bertz CT molecular complexity index is 1200. The summed E-state index contributed by atoms with van der Waals surface area (Å²) in [7, 11) is 0. The third-order valence-corrected chi connectivity index (χ3v) is 7.26. The lowest BCUT2D eigenvalue weighted by molar-refractivity contribution is -0.118. The SMILES string of the molecule is Cc1cc2nccc(C3CCC4(CC3)CC4C(=O)Nc3ccc(C#N)cc3)c2cc1F. The van der Waals surface area contributed by atoms with Gasteiger partial charge in [-0.25, -0.2) is 4.39 Å². The van der Waals surface area contributed by atoms with Crippen LogP contribution in [0.15, 0.2) is 48.7 Å². The number of carbonyl (C=O) groups excluding carboxylic acids is 1. The van der Waals surface area contributed by atoms with Crippen molar-refractivity contribution in [3.8, 4) is 6.07 Å². The number of halogens is 1. The van der Waals surface area contributed by atoms with Crippen molar-refractivity contribution in [1.82, 2.24) is 4.98 Å². The van der Waals surface area contributed by atoms with Crippen LogP contribution >= 0.6 is 0 Å². The molecule has 5 rings (SSSR count). The zero-order chi connectivity index (χ0) is 21.6. The first-order valence-electron chi connectivity index (χ1n) is 10.8.